The monoisotopic (exact) mass is 268 g/mol. The van der Waals surface area contributed by atoms with Crippen LogP contribution in [0.5, 0.6) is 5.75 Å². The summed E-state index contributed by atoms with van der Waals surface area (Å²) in [5, 5.41) is 0. The first-order chi connectivity index (χ1) is 9.81. The molecule has 2 aromatic rings. The average molecular weight is 268 g/mol. The maximum absolute atomic E-state index is 5.93. The number of para-hydroxylation sites is 3. The molecule has 0 fully saturated rings. The third-order valence-corrected chi connectivity index (χ3v) is 3.75. The Morgan fingerprint density at radius 1 is 1.15 bits per heavy atom. The number of benzene rings is 2. The van der Waals surface area contributed by atoms with E-state index in [-0.39, 0.29) is 0 Å². The van der Waals surface area contributed by atoms with Crippen LogP contribution in [0.3, 0.4) is 0 Å². The summed E-state index contributed by atoms with van der Waals surface area (Å²) in [6.45, 7) is 4.41. The SMILES string of the molecule is Cc1cccc(CN)c1N1CCCOc2ccccc21. The number of hydrogen-bond acceptors (Lipinski definition) is 3. The summed E-state index contributed by atoms with van der Waals surface area (Å²) in [7, 11) is 0. The topological polar surface area (TPSA) is 38.5 Å². The molecule has 0 amide bonds. The van der Waals surface area contributed by atoms with Gasteiger partial charge in [0.1, 0.15) is 5.75 Å². The number of aryl methyl sites for hydroxylation is 1. The van der Waals surface area contributed by atoms with Crippen LogP contribution in [0.15, 0.2) is 42.5 Å². The molecule has 0 radical (unpaired) electrons. The largest absolute Gasteiger partial charge is 0.491 e. The van der Waals surface area contributed by atoms with Crippen LogP contribution >= 0.6 is 0 Å². The molecule has 1 heterocycles. The Hall–Kier alpha value is -2.00. The predicted octanol–water partition coefficient (Wildman–Crippen LogP) is 3.37. The van der Waals surface area contributed by atoms with Gasteiger partial charge in [-0.2, -0.15) is 0 Å². The number of nitrogens with two attached hydrogens (primary N) is 1. The molecular weight excluding hydrogens is 248 g/mol. The third-order valence-electron chi connectivity index (χ3n) is 3.75. The molecule has 0 bridgehead atoms. The van der Waals surface area contributed by atoms with Crippen molar-refractivity contribution in [3.8, 4) is 5.75 Å². The van der Waals surface area contributed by atoms with Gasteiger partial charge in [0.05, 0.1) is 12.3 Å². The van der Waals surface area contributed by atoms with E-state index >= 15 is 0 Å². The molecule has 0 aromatic heterocycles. The van der Waals surface area contributed by atoms with Crippen molar-refractivity contribution in [1.29, 1.82) is 0 Å². The molecule has 0 saturated carbocycles. The van der Waals surface area contributed by atoms with E-state index in [0.29, 0.717) is 6.54 Å². The van der Waals surface area contributed by atoms with Crippen LogP contribution < -0.4 is 15.4 Å². The van der Waals surface area contributed by atoms with E-state index in [0.717, 1.165) is 31.0 Å². The second-order valence-electron chi connectivity index (χ2n) is 5.11. The summed E-state index contributed by atoms with van der Waals surface area (Å²) < 4.78 is 5.84. The Balaban J connectivity index is 2.15. The molecule has 0 atom stereocenters. The van der Waals surface area contributed by atoms with Crippen molar-refractivity contribution >= 4 is 11.4 Å². The highest BCUT2D eigenvalue weighted by Crippen LogP contribution is 2.38. The summed E-state index contributed by atoms with van der Waals surface area (Å²) in [6.07, 6.45) is 1.01. The summed E-state index contributed by atoms with van der Waals surface area (Å²) in [6, 6.07) is 14.5. The number of hydrogen-bond donors (Lipinski definition) is 1. The molecule has 1 aliphatic rings. The van der Waals surface area contributed by atoms with Gasteiger partial charge >= 0.3 is 0 Å². The summed E-state index contributed by atoms with van der Waals surface area (Å²) >= 11 is 0. The fraction of sp³-hybridized carbons (Fsp3) is 0.294. The van der Waals surface area contributed by atoms with E-state index in [9.17, 15) is 0 Å². The molecule has 0 unspecified atom stereocenters. The van der Waals surface area contributed by atoms with Crippen molar-refractivity contribution in [3.63, 3.8) is 0 Å². The van der Waals surface area contributed by atoms with Gasteiger partial charge < -0.3 is 15.4 Å². The predicted molar refractivity (Wildman–Crippen MR) is 82.6 cm³/mol. The van der Waals surface area contributed by atoms with Crippen molar-refractivity contribution in [3.05, 3.63) is 53.6 Å². The third kappa shape index (κ3) is 2.25. The van der Waals surface area contributed by atoms with Crippen LogP contribution in [0.25, 0.3) is 0 Å². The van der Waals surface area contributed by atoms with E-state index in [1.54, 1.807) is 0 Å². The second-order valence-corrected chi connectivity index (χ2v) is 5.11. The van der Waals surface area contributed by atoms with E-state index in [4.69, 9.17) is 10.5 Å². The molecule has 0 aliphatic carbocycles. The zero-order valence-electron chi connectivity index (χ0n) is 11.8. The number of rotatable bonds is 2. The lowest BCUT2D eigenvalue weighted by atomic mass is 10.1. The van der Waals surface area contributed by atoms with Gasteiger partial charge in [0.2, 0.25) is 0 Å². The van der Waals surface area contributed by atoms with Gasteiger partial charge in [-0.3, -0.25) is 0 Å². The lowest BCUT2D eigenvalue weighted by molar-refractivity contribution is 0.322. The number of nitrogens with zero attached hydrogens (tertiary/aromatic N) is 1. The summed E-state index contributed by atoms with van der Waals surface area (Å²) in [5.41, 5.74) is 10.7. The molecule has 0 saturated heterocycles. The number of fused-ring (bicyclic) bond motifs is 1. The summed E-state index contributed by atoms with van der Waals surface area (Å²) in [4.78, 5) is 2.35. The van der Waals surface area contributed by atoms with Crippen LogP contribution in [0.1, 0.15) is 17.5 Å². The Labute approximate surface area is 120 Å². The van der Waals surface area contributed by atoms with Crippen LogP contribution in [0, 0.1) is 6.92 Å². The first-order valence-corrected chi connectivity index (χ1v) is 7.09. The molecule has 0 spiro atoms. The lowest BCUT2D eigenvalue weighted by Gasteiger charge is -2.28. The number of ether oxygens (including phenoxy) is 1. The average Bonchev–Trinajstić information content (AvgIpc) is 2.69. The van der Waals surface area contributed by atoms with Crippen molar-refractivity contribution in [2.75, 3.05) is 18.1 Å². The van der Waals surface area contributed by atoms with Crippen molar-refractivity contribution in [2.45, 2.75) is 19.9 Å². The van der Waals surface area contributed by atoms with Crippen LogP contribution in [-0.4, -0.2) is 13.2 Å². The van der Waals surface area contributed by atoms with E-state index in [1.165, 1.54) is 16.8 Å². The van der Waals surface area contributed by atoms with Gasteiger partial charge in [0.25, 0.3) is 0 Å². The van der Waals surface area contributed by atoms with Gasteiger partial charge in [-0.25, -0.2) is 0 Å². The van der Waals surface area contributed by atoms with Crippen LogP contribution in [0.4, 0.5) is 11.4 Å². The maximum atomic E-state index is 5.93. The van der Waals surface area contributed by atoms with Crippen LogP contribution in [0.2, 0.25) is 0 Å². The number of anilines is 2. The minimum Gasteiger partial charge on any atom is -0.491 e. The Morgan fingerprint density at radius 2 is 2.00 bits per heavy atom. The first-order valence-electron chi connectivity index (χ1n) is 7.09. The first kappa shape index (κ1) is 13.0. The van der Waals surface area contributed by atoms with Crippen molar-refractivity contribution in [2.24, 2.45) is 5.73 Å². The van der Waals surface area contributed by atoms with Crippen molar-refractivity contribution < 1.29 is 4.74 Å². The molecule has 1 aliphatic heterocycles. The van der Waals surface area contributed by atoms with Crippen LogP contribution in [-0.2, 0) is 6.54 Å². The Morgan fingerprint density at radius 3 is 2.85 bits per heavy atom. The molecule has 3 rings (SSSR count). The highest BCUT2D eigenvalue weighted by atomic mass is 16.5. The molecule has 104 valence electrons. The van der Waals surface area contributed by atoms with Gasteiger partial charge in [-0.1, -0.05) is 30.3 Å². The van der Waals surface area contributed by atoms with Crippen molar-refractivity contribution in [1.82, 2.24) is 0 Å². The zero-order chi connectivity index (χ0) is 13.9. The van der Waals surface area contributed by atoms with E-state index in [2.05, 4.69) is 42.2 Å². The van der Waals surface area contributed by atoms with Gasteiger partial charge in [-0.15, -0.1) is 0 Å². The Bertz CT molecular complexity index is 610. The fourth-order valence-electron chi connectivity index (χ4n) is 2.83. The lowest BCUT2D eigenvalue weighted by Crippen LogP contribution is -2.21. The maximum Gasteiger partial charge on any atom is 0.142 e. The van der Waals surface area contributed by atoms with Gasteiger partial charge in [0, 0.05) is 18.8 Å². The minimum absolute atomic E-state index is 0.552. The molecular formula is C17H20N2O. The minimum atomic E-state index is 0.552. The Kier molecular flexibility index (Phi) is 3.61. The second kappa shape index (κ2) is 5.55. The van der Waals surface area contributed by atoms with Gasteiger partial charge in [0.15, 0.2) is 0 Å². The molecule has 2 aromatic carbocycles. The molecule has 20 heavy (non-hydrogen) atoms. The fourth-order valence-corrected chi connectivity index (χ4v) is 2.83. The normalized spacial score (nSPS) is 14.4. The summed E-state index contributed by atoms with van der Waals surface area (Å²) in [5.74, 6) is 0.955. The standard InChI is InChI=1S/C17H20N2O/c1-13-6-4-7-14(12-18)17(13)19-10-5-11-20-16-9-3-2-8-15(16)19/h2-4,6-9H,5,10-12,18H2,1H3. The zero-order valence-corrected chi connectivity index (χ0v) is 11.8. The molecule has 3 nitrogen and oxygen atoms in total. The highest BCUT2D eigenvalue weighted by Gasteiger charge is 2.20. The van der Waals surface area contributed by atoms with Gasteiger partial charge in [-0.05, 0) is 36.6 Å². The molecule has 3 heteroatoms. The van der Waals surface area contributed by atoms with E-state index < -0.39 is 0 Å². The quantitative estimate of drug-likeness (QED) is 0.907. The highest BCUT2D eigenvalue weighted by molar-refractivity contribution is 5.74. The smallest absolute Gasteiger partial charge is 0.142 e. The van der Waals surface area contributed by atoms with E-state index in [1.807, 2.05) is 12.1 Å². The molecule has 2 N–H and O–H groups in total.